The van der Waals surface area contributed by atoms with E-state index in [2.05, 4.69) is 40.1 Å². The minimum atomic E-state index is -0.207. The Morgan fingerprint density at radius 2 is 2.04 bits per heavy atom. The largest absolute Gasteiger partial charge is 0.352 e. The Morgan fingerprint density at radius 1 is 1.30 bits per heavy atom. The number of hydrogen-bond donors (Lipinski definition) is 1. The van der Waals surface area contributed by atoms with E-state index in [1.54, 1.807) is 12.1 Å². The normalized spacial score (nSPS) is 12.6. The van der Waals surface area contributed by atoms with Crippen molar-refractivity contribution in [3.63, 3.8) is 0 Å². The molecule has 1 aromatic heterocycles. The van der Waals surface area contributed by atoms with Crippen molar-refractivity contribution >= 4 is 32.7 Å². The molecule has 1 heterocycles. The van der Waals surface area contributed by atoms with Gasteiger partial charge in [-0.1, -0.05) is 29.8 Å². The van der Waals surface area contributed by atoms with E-state index in [-0.39, 0.29) is 24.1 Å². The predicted molar refractivity (Wildman–Crippen MR) is 95.4 cm³/mol. The fourth-order valence-corrected chi connectivity index (χ4v) is 2.74. The molecule has 6 heteroatoms. The Kier molecular flexibility index (Phi) is 5.93. The van der Waals surface area contributed by atoms with Crippen molar-refractivity contribution in [2.24, 2.45) is 5.92 Å². The molecule has 1 amide bonds. The average Bonchev–Trinajstić information content (AvgIpc) is 2.48. The first-order chi connectivity index (χ1) is 10.9. The van der Waals surface area contributed by atoms with E-state index in [1.807, 2.05) is 13.0 Å². The molecule has 0 saturated carbocycles. The van der Waals surface area contributed by atoms with Crippen molar-refractivity contribution in [1.82, 2.24) is 14.9 Å². The molecule has 23 heavy (non-hydrogen) atoms. The van der Waals surface area contributed by atoms with Crippen molar-refractivity contribution in [2.75, 3.05) is 0 Å². The number of aromatic nitrogens is 2. The van der Waals surface area contributed by atoms with Gasteiger partial charge < -0.3 is 5.32 Å². The zero-order valence-electron chi connectivity index (χ0n) is 13.7. The van der Waals surface area contributed by atoms with Crippen molar-refractivity contribution < 1.29 is 4.79 Å². The highest BCUT2D eigenvalue weighted by atomic mass is 79.9. The summed E-state index contributed by atoms with van der Waals surface area (Å²) in [7, 11) is 0. The highest BCUT2D eigenvalue weighted by Gasteiger charge is 2.11. The molecule has 0 bridgehead atoms. The third kappa shape index (κ3) is 4.89. The predicted octanol–water partition coefficient (Wildman–Crippen LogP) is 3.10. The van der Waals surface area contributed by atoms with Gasteiger partial charge in [0.25, 0.3) is 5.56 Å². The number of benzene rings is 1. The van der Waals surface area contributed by atoms with Crippen LogP contribution in [0.3, 0.4) is 0 Å². The maximum atomic E-state index is 12.4. The van der Waals surface area contributed by atoms with Gasteiger partial charge in [0.15, 0.2) is 0 Å². The molecule has 0 fully saturated rings. The lowest BCUT2D eigenvalue weighted by atomic mass is 10.0. The number of hydrogen-bond acceptors (Lipinski definition) is 3. The summed E-state index contributed by atoms with van der Waals surface area (Å²) < 4.78 is 2.16. The van der Waals surface area contributed by atoms with Crippen LogP contribution in [0.5, 0.6) is 0 Å². The molecular formula is C17H22BrN3O2. The van der Waals surface area contributed by atoms with Gasteiger partial charge >= 0.3 is 0 Å². The minimum Gasteiger partial charge on any atom is -0.352 e. The van der Waals surface area contributed by atoms with Crippen LogP contribution >= 0.6 is 15.9 Å². The SMILES string of the molecule is CC(C)CC[C@@H](C)NC(=O)Cn1cnc2ccc(Br)cc2c1=O. The number of rotatable bonds is 6. The molecule has 1 atom stereocenters. The van der Waals surface area contributed by atoms with E-state index in [0.717, 1.165) is 17.3 Å². The minimum absolute atomic E-state index is 0.0136. The molecule has 0 aliphatic heterocycles. The molecule has 1 N–H and O–H groups in total. The Balaban J connectivity index is 2.08. The van der Waals surface area contributed by atoms with E-state index in [4.69, 9.17) is 0 Å². The molecular weight excluding hydrogens is 358 g/mol. The van der Waals surface area contributed by atoms with Crippen LogP contribution in [-0.2, 0) is 11.3 Å². The number of carbonyl (C=O) groups is 1. The highest BCUT2D eigenvalue weighted by Crippen LogP contribution is 2.14. The zero-order valence-corrected chi connectivity index (χ0v) is 15.3. The van der Waals surface area contributed by atoms with Gasteiger partial charge in [0.1, 0.15) is 6.54 Å². The van der Waals surface area contributed by atoms with Crippen LogP contribution < -0.4 is 10.9 Å². The second kappa shape index (κ2) is 7.73. The van der Waals surface area contributed by atoms with Crippen LogP contribution in [0.2, 0.25) is 0 Å². The number of carbonyl (C=O) groups excluding carboxylic acids is 1. The molecule has 0 spiro atoms. The van der Waals surface area contributed by atoms with E-state index in [1.165, 1.54) is 10.9 Å². The zero-order chi connectivity index (χ0) is 17.0. The molecule has 124 valence electrons. The van der Waals surface area contributed by atoms with Gasteiger partial charge in [0, 0.05) is 10.5 Å². The average molecular weight is 380 g/mol. The quantitative estimate of drug-likeness (QED) is 0.838. The van der Waals surface area contributed by atoms with Crippen molar-refractivity contribution in [2.45, 2.75) is 46.2 Å². The van der Waals surface area contributed by atoms with E-state index in [0.29, 0.717) is 16.8 Å². The molecule has 0 saturated heterocycles. The van der Waals surface area contributed by atoms with Crippen molar-refractivity contribution in [1.29, 1.82) is 0 Å². The maximum Gasteiger partial charge on any atom is 0.261 e. The fraction of sp³-hybridized carbons (Fsp3) is 0.471. The van der Waals surface area contributed by atoms with Gasteiger partial charge in [-0.3, -0.25) is 14.2 Å². The summed E-state index contributed by atoms with van der Waals surface area (Å²) in [6.45, 7) is 6.29. The number of halogens is 1. The first kappa shape index (κ1) is 17.7. The molecule has 0 aliphatic rings. The Bertz CT molecular complexity index is 755. The van der Waals surface area contributed by atoms with Crippen LogP contribution in [0.4, 0.5) is 0 Å². The van der Waals surface area contributed by atoms with E-state index >= 15 is 0 Å². The lowest BCUT2D eigenvalue weighted by Crippen LogP contribution is -2.37. The Morgan fingerprint density at radius 3 is 2.74 bits per heavy atom. The van der Waals surface area contributed by atoms with Crippen LogP contribution in [0.15, 0.2) is 33.8 Å². The van der Waals surface area contributed by atoms with Gasteiger partial charge in [-0.2, -0.15) is 0 Å². The number of fused-ring (bicyclic) bond motifs is 1. The van der Waals surface area contributed by atoms with E-state index in [9.17, 15) is 9.59 Å². The summed E-state index contributed by atoms with van der Waals surface area (Å²) in [4.78, 5) is 28.8. The topological polar surface area (TPSA) is 64.0 Å². The summed E-state index contributed by atoms with van der Waals surface area (Å²) in [5.74, 6) is 0.444. The number of nitrogens with zero attached hydrogens (tertiary/aromatic N) is 2. The molecule has 0 aliphatic carbocycles. The van der Waals surface area contributed by atoms with Gasteiger partial charge in [-0.15, -0.1) is 0 Å². The number of nitrogens with one attached hydrogen (secondary N) is 1. The van der Waals surface area contributed by atoms with Crippen LogP contribution in [-0.4, -0.2) is 21.5 Å². The molecule has 2 rings (SSSR count). The lowest BCUT2D eigenvalue weighted by Gasteiger charge is -2.15. The summed E-state index contributed by atoms with van der Waals surface area (Å²) in [6.07, 6.45) is 3.42. The molecule has 2 aromatic rings. The highest BCUT2D eigenvalue weighted by molar-refractivity contribution is 9.10. The lowest BCUT2D eigenvalue weighted by molar-refractivity contribution is -0.122. The summed E-state index contributed by atoms with van der Waals surface area (Å²) in [5.41, 5.74) is 0.418. The fourth-order valence-electron chi connectivity index (χ4n) is 2.37. The summed E-state index contributed by atoms with van der Waals surface area (Å²) in [5, 5.41) is 3.44. The van der Waals surface area contributed by atoms with Crippen LogP contribution in [0.25, 0.3) is 10.9 Å². The second-order valence-corrected chi connectivity index (χ2v) is 7.19. The molecule has 0 unspecified atom stereocenters. The van der Waals surface area contributed by atoms with Gasteiger partial charge in [-0.25, -0.2) is 4.98 Å². The standard InChI is InChI=1S/C17H22BrN3O2/c1-11(2)4-5-12(3)20-16(22)9-21-10-19-15-7-6-13(18)8-14(15)17(21)23/h6-8,10-12H,4-5,9H2,1-3H3,(H,20,22)/t12-/m1/s1. The number of amides is 1. The van der Waals surface area contributed by atoms with E-state index < -0.39 is 0 Å². The Labute approximate surface area is 144 Å². The first-order valence-electron chi connectivity index (χ1n) is 7.81. The summed E-state index contributed by atoms with van der Waals surface area (Å²) >= 11 is 3.35. The smallest absolute Gasteiger partial charge is 0.261 e. The molecule has 1 aromatic carbocycles. The van der Waals surface area contributed by atoms with Crippen molar-refractivity contribution in [3.8, 4) is 0 Å². The van der Waals surface area contributed by atoms with Gasteiger partial charge in [0.05, 0.1) is 17.2 Å². The third-order valence-electron chi connectivity index (χ3n) is 3.68. The Hall–Kier alpha value is -1.69. The second-order valence-electron chi connectivity index (χ2n) is 6.28. The van der Waals surface area contributed by atoms with Crippen LogP contribution in [0, 0.1) is 5.92 Å². The van der Waals surface area contributed by atoms with Gasteiger partial charge in [0.2, 0.25) is 5.91 Å². The van der Waals surface area contributed by atoms with Gasteiger partial charge in [-0.05, 0) is 43.9 Å². The van der Waals surface area contributed by atoms with Crippen LogP contribution in [0.1, 0.15) is 33.6 Å². The molecule has 5 nitrogen and oxygen atoms in total. The van der Waals surface area contributed by atoms with Crippen molar-refractivity contribution in [3.05, 3.63) is 39.4 Å². The molecule has 0 radical (unpaired) electrons. The first-order valence-corrected chi connectivity index (χ1v) is 8.60. The summed E-state index contributed by atoms with van der Waals surface area (Å²) in [6, 6.07) is 5.44. The maximum absolute atomic E-state index is 12.4. The monoisotopic (exact) mass is 379 g/mol. The third-order valence-corrected chi connectivity index (χ3v) is 4.18.